The summed E-state index contributed by atoms with van der Waals surface area (Å²) in [5, 5.41) is 27.6. The molecule has 0 bridgehead atoms. The van der Waals surface area contributed by atoms with Crippen molar-refractivity contribution in [2.75, 3.05) is 0 Å². The van der Waals surface area contributed by atoms with E-state index < -0.39 is 30.5 Å². The van der Waals surface area contributed by atoms with Crippen molar-refractivity contribution in [3.8, 4) is 17.1 Å². The SMILES string of the molecule is O=C(O)c1ccccc1-n1cnc(Cn2nc(-c3ccc(Cl)cc3)n(CC(O)C(F)(F)F)c2=O)n1. The van der Waals surface area contributed by atoms with Crippen molar-refractivity contribution < 1.29 is 28.2 Å². The maximum Gasteiger partial charge on any atom is 0.416 e. The van der Waals surface area contributed by atoms with E-state index >= 15 is 0 Å². The van der Waals surface area contributed by atoms with Gasteiger partial charge >= 0.3 is 17.8 Å². The van der Waals surface area contributed by atoms with Crippen LogP contribution >= 0.6 is 11.6 Å². The van der Waals surface area contributed by atoms with E-state index in [0.717, 1.165) is 4.68 Å². The van der Waals surface area contributed by atoms with Crippen LogP contribution in [0, 0.1) is 0 Å². The van der Waals surface area contributed by atoms with Crippen LogP contribution in [0.4, 0.5) is 13.2 Å². The average molecular weight is 509 g/mol. The molecule has 0 aliphatic carbocycles. The second-order valence-corrected chi connectivity index (χ2v) is 7.80. The molecule has 35 heavy (non-hydrogen) atoms. The molecular weight excluding hydrogens is 493 g/mol. The minimum atomic E-state index is -4.95. The van der Waals surface area contributed by atoms with Crippen LogP contribution in [0.3, 0.4) is 0 Å². The number of aromatic nitrogens is 6. The molecule has 0 fully saturated rings. The number of rotatable bonds is 7. The van der Waals surface area contributed by atoms with Crippen LogP contribution in [0.1, 0.15) is 16.2 Å². The molecule has 4 aromatic rings. The van der Waals surface area contributed by atoms with Gasteiger partial charge in [0, 0.05) is 10.6 Å². The Labute approximate surface area is 199 Å². The fourth-order valence-electron chi connectivity index (χ4n) is 3.27. The van der Waals surface area contributed by atoms with Crippen LogP contribution in [-0.2, 0) is 13.1 Å². The Kier molecular flexibility index (Phi) is 6.45. The number of carboxylic acid groups (broad SMARTS) is 1. The molecule has 182 valence electrons. The molecule has 10 nitrogen and oxygen atoms in total. The number of aromatic carboxylic acids is 1. The fraction of sp³-hybridized carbons (Fsp3) is 0.190. The smallest absolute Gasteiger partial charge is 0.416 e. The summed E-state index contributed by atoms with van der Waals surface area (Å²) in [7, 11) is 0. The average Bonchev–Trinajstić information content (AvgIpc) is 3.39. The van der Waals surface area contributed by atoms with Gasteiger partial charge in [0.1, 0.15) is 12.9 Å². The van der Waals surface area contributed by atoms with Crippen molar-refractivity contribution in [2.45, 2.75) is 25.4 Å². The number of benzene rings is 2. The summed E-state index contributed by atoms with van der Waals surface area (Å²) >= 11 is 5.87. The number of halogens is 4. The van der Waals surface area contributed by atoms with Gasteiger partial charge in [-0.1, -0.05) is 23.7 Å². The summed E-state index contributed by atoms with van der Waals surface area (Å²) < 4.78 is 41.7. The minimum Gasteiger partial charge on any atom is -0.478 e. The number of hydrogen-bond donors (Lipinski definition) is 2. The third-order valence-electron chi connectivity index (χ3n) is 4.97. The molecule has 0 aliphatic heterocycles. The predicted octanol–water partition coefficient (Wildman–Crippen LogP) is 2.62. The van der Waals surface area contributed by atoms with E-state index in [4.69, 9.17) is 11.6 Å². The Balaban J connectivity index is 1.71. The number of carbonyl (C=O) groups is 1. The number of aliphatic hydroxyl groups excluding tert-OH is 1. The second-order valence-electron chi connectivity index (χ2n) is 7.37. The van der Waals surface area contributed by atoms with Crippen LogP contribution in [0.2, 0.25) is 5.02 Å². The van der Waals surface area contributed by atoms with E-state index in [2.05, 4.69) is 15.2 Å². The Morgan fingerprint density at radius 3 is 2.43 bits per heavy atom. The number of aliphatic hydroxyl groups is 1. The Hall–Kier alpha value is -3.97. The predicted molar refractivity (Wildman–Crippen MR) is 116 cm³/mol. The molecule has 0 saturated heterocycles. The first-order valence-corrected chi connectivity index (χ1v) is 10.3. The fourth-order valence-corrected chi connectivity index (χ4v) is 3.40. The van der Waals surface area contributed by atoms with Crippen LogP contribution in [0.25, 0.3) is 17.1 Å². The lowest BCUT2D eigenvalue weighted by atomic mass is 10.2. The lowest BCUT2D eigenvalue weighted by Crippen LogP contribution is -2.37. The van der Waals surface area contributed by atoms with Crippen molar-refractivity contribution >= 4 is 17.6 Å². The highest BCUT2D eigenvalue weighted by Gasteiger charge is 2.39. The van der Waals surface area contributed by atoms with Gasteiger partial charge < -0.3 is 10.2 Å². The standard InChI is InChI=1S/C21H16ClF3N6O4/c22-13-7-5-12(6-8-13)18-28-30(20(35)29(18)9-16(32)21(23,24)25)10-17-26-11-31(27-17)15-4-2-1-3-14(15)19(33)34/h1-8,11,16,32H,9-10H2,(H,33,34). The molecule has 14 heteroatoms. The molecule has 1 unspecified atom stereocenters. The molecule has 1 atom stereocenters. The normalized spacial score (nSPS) is 12.6. The first-order chi connectivity index (χ1) is 16.5. The number of carboxylic acids is 1. The molecule has 0 radical (unpaired) electrons. The highest BCUT2D eigenvalue weighted by atomic mass is 35.5. The van der Waals surface area contributed by atoms with E-state index in [9.17, 15) is 33.0 Å². The van der Waals surface area contributed by atoms with Gasteiger partial charge in [-0.2, -0.15) is 13.2 Å². The number of para-hydroxylation sites is 1. The topological polar surface area (TPSA) is 128 Å². The highest BCUT2D eigenvalue weighted by Crippen LogP contribution is 2.24. The molecule has 0 amide bonds. The van der Waals surface area contributed by atoms with Crippen LogP contribution in [0.15, 0.2) is 59.7 Å². The summed E-state index contributed by atoms with van der Waals surface area (Å²) in [5.41, 5.74) is -0.433. The molecule has 2 heterocycles. The quantitative estimate of drug-likeness (QED) is 0.393. The van der Waals surface area contributed by atoms with Crippen molar-refractivity contribution in [2.24, 2.45) is 0 Å². The van der Waals surface area contributed by atoms with E-state index in [-0.39, 0.29) is 29.4 Å². The van der Waals surface area contributed by atoms with Crippen molar-refractivity contribution in [3.05, 3.63) is 81.8 Å². The summed E-state index contributed by atoms with van der Waals surface area (Å²) in [4.78, 5) is 28.5. The molecule has 2 N–H and O–H groups in total. The Bertz CT molecular complexity index is 1430. The zero-order valence-electron chi connectivity index (χ0n) is 17.6. The summed E-state index contributed by atoms with van der Waals surface area (Å²) in [5.74, 6) is -1.25. The van der Waals surface area contributed by atoms with E-state index in [1.54, 1.807) is 12.1 Å². The largest absolute Gasteiger partial charge is 0.478 e. The van der Waals surface area contributed by atoms with Crippen molar-refractivity contribution in [3.63, 3.8) is 0 Å². The molecule has 0 spiro atoms. The summed E-state index contributed by atoms with van der Waals surface area (Å²) in [6, 6.07) is 12.0. The Morgan fingerprint density at radius 1 is 1.09 bits per heavy atom. The van der Waals surface area contributed by atoms with Gasteiger partial charge in [-0.25, -0.2) is 23.9 Å². The zero-order valence-corrected chi connectivity index (χ0v) is 18.3. The maximum absolute atomic E-state index is 13.0. The van der Waals surface area contributed by atoms with Gasteiger partial charge in [0.05, 0.1) is 17.8 Å². The van der Waals surface area contributed by atoms with Gasteiger partial charge in [0.25, 0.3) is 0 Å². The number of nitrogens with zero attached hydrogens (tertiary/aromatic N) is 6. The highest BCUT2D eigenvalue weighted by molar-refractivity contribution is 6.30. The first kappa shape index (κ1) is 24.2. The van der Waals surface area contributed by atoms with Crippen molar-refractivity contribution in [1.82, 2.24) is 29.1 Å². The monoisotopic (exact) mass is 508 g/mol. The number of hydrogen-bond acceptors (Lipinski definition) is 6. The van der Waals surface area contributed by atoms with E-state index in [1.165, 1.54) is 47.4 Å². The van der Waals surface area contributed by atoms with Crippen LogP contribution < -0.4 is 5.69 Å². The lowest BCUT2D eigenvalue weighted by molar-refractivity contribution is -0.207. The number of alkyl halides is 3. The third-order valence-corrected chi connectivity index (χ3v) is 5.22. The molecule has 2 aromatic heterocycles. The zero-order chi connectivity index (χ0) is 25.3. The minimum absolute atomic E-state index is 0.0310. The molecule has 0 aliphatic rings. The van der Waals surface area contributed by atoms with Crippen LogP contribution in [-0.4, -0.2) is 57.6 Å². The van der Waals surface area contributed by atoms with Crippen molar-refractivity contribution in [1.29, 1.82) is 0 Å². The first-order valence-electron chi connectivity index (χ1n) is 9.96. The lowest BCUT2D eigenvalue weighted by Gasteiger charge is -2.15. The third kappa shape index (κ3) is 5.10. The van der Waals surface area contributed by atoms with E-state index in [0.29, 0.717) is 15.2 Å². The van der Waals surface area contributed by atoms with Gasteiger partial charge in [-0.15, -0.1) is 10.2 Å². The Morgan fingerprint density at radius 2 is 1.77 bits per heavy atom. The molecular formula is C21H16ClF3N6O4. The maximum atomic E-state index is 13.0. The summed E-state index contributed by atoms with van der Waals surface area (Å²) in [6.07, 6.45) is -6.50. The molecule has 4 rings (SSSR count). The van der Waals surface area contributed by atoms with Gasteiger partial charge in [0.15, 0.2) is 17.8 Å². The molecule has 0 saturated carbocycles. The van der Waals surface area contributed by atoms with Gasteiger partial charge in [-0.3, -0.25) is 4.57 Å². The van der Waals surface area contributed by atoms with E-state index in [1.807, 2.05) is 0 Å². The van der Waals surface area contributed by atoms with Gasteiger partial charge in [0.2, 0.25) is 0 Å². The van der Waals surface area contributed by atoms with Crippen LogP contribution in [0.5, 0.6) is 0 Å². The second kappa shape index (κ2) is 9.35. The molecule has 2 aromatic carbocycles. The van der Waals surface area contributed by atoms with Gasteiger partial charge in [-0.05, 0) is 36.4 Å². The summed E-state index contributed by atoms with van der Waals surface area (Å²) in [6.45, 7) is -1.40.